The molecule has 1 N–H and O–H groups in total. The van der Waals surface area contributed by atoms with E-state index in [0.717, 1.165) is 17.9 Å². The fourth-order valence-electron chi connectivity index (χ4n) is 3.95. The van der Waals surface area contributed by atoms with Crippen LogP contribution in [0.5, 0.6) is 5.75 Å². The number of aryl methyl sites for hydroxylation is 1. The van der Waals surface area contributed by atoms with Crippen LogP contribution >= 0.6 is 0 Å². The summed E-state index contributed by atoms with van der Waals surface area (Å²) < 4.78 is 13.8. The highest BCUT2D eigenvalue weighted by atomic mass is 16.5. The van der Waals surface area contributed by atoms with E-state index in [1.54, 1.807) is 24.4 Å². The van der Waals surface area contributed by atoms with Gasteiger partial charge in [-0.3, -0.25) is 4.79 Å². The molecule has 2 saturated heterocycles. The molecule has 7 heteroatoms. The molecule has 0 aliphatic carbocycles. The zero-order valence-electron chi connectivity index (χ0n) is 15.5. The van der Waals surface area contributed by atoms with Crippen LogP contribution in [0.2, 0.25) is 0 Å². The van der Waals surface area contributed by atoms with Crippen molar-refractivity contribution in [2.24, 2.45) is 5.92 Å². The number of aromatic hydroxyl groups is 1. The van der Waals surface area contributed by atoms with Gasteiger partial charge in [0.05, 0.1) is 19.1 Å². The average molecular weight is 371 g/mol. The molecule has 2 fully saturated rings. The Balaban J connectivity index is 1.50. The number of imidazole rings is 1. The van der Waals surface area contributed by atoms with Crippen molar-refractivity contribution in [1.82, 2.24) is 14.5 Å². The molecule has 27 heavy (non-hydrogen) atoms. The van der Waals surface area contributed by atoms with Crippen LogP contribution in [0.25, 0.3) is 0 Å². The number of hydrogen-bond donors (Lipinski definition) is 1. The summed E-state index contributed by atoms with van der Waals surface area (Å²) in [6.45, 7) is 4.95. The molecule has 0 bridgehead atoms. The number of carbonyl (C=O) groups is 1. The first-order valence-electron chi connectivity index (χ1n) is 9.49. The van der Waals surface area contributed by atoms with E-state index in [4.69, 9.17) is 9.47 Å². The Morgan fingerprint density at radius 1 is 1.33 bits per heavy atom. The van der Waals surface area contributed by atoms with Crippen molar-refractivity contribution >= 4 is 5.91 Å². The van der Waals surface area contributed by atoms with Gasteiger partial charge < -0.3 is 24.0 Å². The monoisotopic (exact) mass is 371 g/mol. The SMILES string of the molecule is CCn1ccnc1[C@@H]1OCC[C@H]1C(=O)N1CCOC(c2cccc(O)c2)C1. The summed E-state index contributed by atoms with van der Waals surface area (Å²) in [5.74, 6) is 0.901. The Hall–Kier alpha value is -2.38. The van der Waals surface area contributed by atoms with E-state index in [2.05, 4.69) is 11.9 Å². The Morgan fingerprint density at radius 2 is 2.22 bits per heavy atom. The van der Waals surface area contributed by atoms with Gasteiger partial charge in [0.25, 0.3) is 0 Å². The van der Waals surface area contributed by atoms with E-state index in [1.165, 1.54) is 0 Å². The van der Waals surface area contributed by atoms with E-state index in [9.17, 15) is 9.90 Å². The van der Waals surface area contributed by atoms with Gasteiger partial charge in [-0.2, -0.15) is 0 Å². The lowest BCUT2D eigenvalue weighted by Crippen LogP contribution is -2.45. The molecule has 144 valence electrons. The van der Waals surface area contributed by atoms with E-state index in [1.807, 2.05) is 21.7 Å². The molecule has 1 aromatic heterocycles. The number of nitrogens with zero attached hydrogens (tertiary/aromatic N) is 3. The number of aromatic nitrogens is 2. The third kappa shape index (κ3) is 3.57. The second-order valence-corrected chi connectivity index (χ2v) is 7.00. The summed E-state index contributed by atoms with van der Waals surface area (Å²) in [5, 5.41) is 9.72. The number of phenols is 1. The molecule has 2 aromatic rings. The summed E-state index contributed by atoms with van der Waals surface area (Å²) in [6.07, 6.45) is 3.86. The van der Waals surface area contributed by atoms with Gasteiger partial charge in [-0.25, -0.2) is 4.98 Å². The van der Waals surface area contributed by atoms with Crippen molar-refractivity contribution in [2.45, 2.75) is 32.1 Å². The Kier molecular flexibility index (Phi) is 5.13. The molecule has 3 atom stereocenters. The second-order valence-electron chi connectivity index (χ2n) is 7.00. The number of carbonyl (C=O) groups excluding carboxylic acids is 1. The molecular weight excluding hydrogens is 346 g/mol. The van der Waals surface area contributed by atoms with Crippen LogP contribution in [-0.2, 0) is 20.8 Å². The third-order valence-corrected chi connectivity index (χ3v) is 5.37. The number of amides is 1. The quantitative estimate of drug-likeness (QED) is 0.892. The van der Waals surface area contributed by atoms with Crippen molar-refractivity contribution in [3.05, 3.63) is 48.0 Å². The van der Waals surface area contributed by atoms with Crippen molar-refractivity contribution in [3.8, 4) is 5.75 Å². The van der Waals surface area contributed by atoms with Crippen molar-refractivity contribution < 1.29 is 19.4 Å². The van der Waals surface area contributed by atoms with Crippen LogP contribution in [0.1, 0.15) is 36.9 Å². The molecule has 1 amide bonds. The zero-order valence-corrected chi connectivity index (χ0v) is 15.5. The van der Waals surface area contributed by atoms with Crippen molar-refractivity contribution in [3.63, 3.8) is 0 Å². The minimum absolute atomic E-state index is 0.0941. The highest BCUT2D eigenvalue weighted by molar-refractivity contribution is 5.80. The minimum atomic E-state index is -0.297. The van der Waals surface area contributed by atoms with Gasteiger partial charge >= 0.3 is 0 Å². The molecule has 1 unspecified atom stereocenters. The van der Waals surface area contributed by atoms with E-state index in [-0.39, 0.29) is 29.8 Å². The van der Waals surface area contributed by atoms with Crippen LogP contribution in [0, 0.1) is 5.92 Å². The van der Waals surface area contributed by atoms with Crippen LogP contribution in [0.3, 0.4) is 0 Å². The maximum Gasteiger partial charge on any atom is 0.229 e. The molecule has 2 aliphatic heterocycles. The van der Waals surface area contributed by atoms with Gasteiger partial charge in [-0.05, 0) is 31.0 Å². The van der Waals surface area contributed by atoms with Crippen LogP contribution in [-0.4, -0.2) is 51.8 Å². The summed E-state index contributed by atoms with van der Waals surface area (Å²) >= 11 is 0. The summed E-state index contributed by atoms with van der Waals surface area (Å²) in [5.41, 5.74) is 0.883. The summed E-state index contributed by atoms with van der Waals surface area (Å²) in [6, 6.07) is 7.03. The minimum Gasteiger partial charge on any atom is -0.508 e. The number of morpholine rings is 1. The largest absolute Gasteiger partial charge is 0.508 e. The maximum absolute atomic E-state index is 13.3. The van der Waals surface area contributed by atoms with Gasteiger partial charge in [0.2, 0.25) is 5.91 Å². The van der Waals surface area contributed by atoms with Crippen LogP contribution in [0.4, 0.5) is 0 Å². The highest BCUT2D eigenvalue weighted by Gasteiger charge is 2.41. The van der Waals surface area contributed by atoms with Gasteiger partial charge in [0, 0.05) is 32.1 Å². The molecule has 0 radical (unpaired) electrons. The molecule has 0 spiro atoms. The highest BCUT2D eigenvalue weighted by Crippen LogP contribution is 2.36. The zero-order chi connectivity index (χ0) is 18.8. The predicted molar refractivity (Wildman–Crippen MR) is 98.1 cm³/mol. The van der Waals surface area contributed by atoms with Crippen molar-refractivity contribution in [2.75, 3.05) is 26.3 Å². The van der Waals surface area contributed by atoms with E-state index in [0.29, 0.717) is 32.7 Å². The fourth-order valence-corrected chi connectivity index (χ4v) is 3.95. The number of ether oxygens (including phenoxy) is 2. The van der Waals surface area contributed by atoms with Gasteiger partial charge in [0.15, 0.2) is 0 Å². The van der Waals surface area contributed by atoms with Gasteiger partial charge in [0.1, 0.15) is 23.8 Å². The lowest BCUT2D eigenvalue weighted by molar-refractivity contribution is -0.145. The number of hydrogen-bond acceptors (Lipinski definition) is 5. The average Bonchev–Trinajstić information content (AvgIpc) is 3.36. The Labute approximate surface area is 158 Å². The van der Waals surface area contributed by atoms with E-state index >= 15 is 0 Å². The first-order chi connectivity index (χ1) is 13.2. The summed E-state index contributed by atoms with van der Waals surface area (Å²) in [4.78, 5) is 19.6. The molecule has 1 aromatic carbocycles. The fraction of sp³-hybridized carbons (Fsp3) is 0.500. The Bertz CT molecular complexity index is 806. The first kappa shape index (κ1) is 18.0. The lowest BCUT2D eigenvalue weighted by atomic mass is 9.98. The van der Waals surface area contributed by atoms with E-state index < -0.39 is 0 Å². The molecule has 2 aliphatic rings. The Morgan fingerprint density at radius 3 is 3.04 bits per heavy atom. The molecule has 4 rings (SSSR count). The summed E-state index contributed by atoms with van der Waals surface area (Å²) in [7, 11) is 0. The molecule has 0 saturated carbocycles. The molecular formula is C20H25N3O4. The normalized spacial score (nSPS) is 25.7. The van der Waals surface area contributed by atoms with Crippen molar-refractivity contribution in [1.29, 1.82) is 0 Å². The molecule has 7 nitrogen and oxygen atoms in total. The number of benzene rings is 1. The standard InChI is InChI=1S/C20H25N3O4/c1-2-22-8-7-21-19(22)18-16(6-10-27-18)20(25)23-9-11-26-17(13-23)14-4-3-5-15(24)12-14/h3-5,7-8,12,16-18,24H,2,6,9-11,13H2,1H3/t16-,17?,18-/m1/s1. The lowest BCUT2D eigenvalue weighted by Gasteiger charge is -2.35. The third-order valence-electron chi connectivity index (χ3n) is 5.37. The van der Waals surface area contributed by atoms with Crippen LogP contribution in [0.15, 0.2) is 36.7 Å². The van der Waals surface area contributed by atoms with Crippen LogP contribution < -0.4 is 0 Å². The number of phenolic OH excluding ortho intramolecular Hbond substituents is 1. The second kappa shape index (κ2) is 7.70. The number of rotatable bonds is 4. The van der Waals surface area contributed by atoms with Gasteiger partial charge in [-0.15, -0.1) is 0 Å². The van der Waals surface area contributed by atoms with Gasteiger partial charge in [-0.1, -0.05) is 12.1 Å². The maximum atomic E-state index is 13.3. The molecule has 3 heterocycles. The predicted octanol–water partition coefficient (Wildman–Crippen LogP) is 2.29. The first-order valence-corrected chi connectivity index (χ1v) is 9.49. The topological polar surface area (TPSA) is 76.8 Å². The smallest absolute Gasteiger partial charge is 0.229 e.